The molecule has 0 bridgehead atoms. The number of hydrogen-bond donors (Lipinski definition) is 1. The van der Waals surface area contributed by atoms with Crippen LogP contribution in [0, 0.1) is 18.7 Å². The summed E-state index contributed by atoms with van der Waals surface area (Å²) in [6, 6.07) is 6.48. The van der Waals surface area contributed by atoms with Crippen molar-refractivity contribution in [1.29, 1.82) is 0 Å². The van der Waals surface area contributed by atoms with Crippen molar-refractivity contribution < 1.29 is 4.39 Å². The minimum atomic E-state index is -0.256. The maximum atomic E-state index is 13.4. The van der Waals surface area contributed by atoms with E-state index >= 15 is 0 Å². The fraction of sp³-hybridized carbons (Fsp3) is 0.375. The first-order valence-corrected chi connectivity index (χ1v) is 7.00. The Hall–Kier alpha value is -1.72. The molecule has 0 aliphatic rings. The molecule has 0 spiro atoms. The van der Waals surface area contributed by atoms with Crippen molar-refractivity contribution in [2.45, 2.75) is 33.9 Å². The molecule has 0 saturated heterocycles. The summed E-state index contributed by atoms with van der Waals surface area (Å²) in [5, 5.41) is 4.39. The average molecular weight is 326 g/mol. The van der Waals surface area contributed by atoms with Gasteiger partial charge in [-0.3, -0.25) is 4.79 Å². The summed E-state index contributed by atoms with van der Waals surface area (Å²) in [6.45, 7) is 6.43. The minimum absolute atomic E-state index is 0. The summed E-state index contributed by atoms with van der Waals surface area (Å²) in [6.07, 6.45) is 0. The fourth-order valence-corrected chi connectivity index (χ4v) is 2.16. The summed E-state index contributed by atoms with van der Waals surface area (Å²) >= 11 is 0. The van der Waals surface area contributed by atoms with E-state index in [2.05, 4.69) is 5.10 Å². The largest absolute Gasteiger partial charge is 0.326 e. The van der Waals surface area contributed by atoms with Gasteiger partial charge in [-0.15, -0.1) is 12.4 Å². The monoisotopic (exact) mass is 325 g/mol. The Balaban J connectivity index is 0.00000242. The second kappa shape index (κ2) is 7.51. The maximum absolute atomic E-state index is 13.4. The normalized spacial score (nSPS) is 10.6. The molecule has 4 nitrogen and oxygen atoms in total. The highest BCUT2D eigenvalue weighted by Gasteiger charge is 2.11. The fourth-order valence-electron chi connectivity index (χ4n) is 2.16. The first-order chi connectivity index (χ1) is 9.92. The lowest BCUT2D eigenvalue weighted by Gasteiger charge is -2.12. The maximum Gasteiger partial charge on any atom is 0.271 e. The van der Waals surface area contributed by atoms with Gasteiger partial charge < -0.3 is 5.73 Å². The van der Waals surface area contributed by atoms with Crippen LogP contribution in [0.3, 0.4) is 0 Å². The van der Waals surface area contributed by atoms with Crippen LogP contribution >= 0.6 is 12.4 Å². The highest BCUT2D eigenvalue weighted by atomic mass is 35.5. The van der Waals surface area contributed by atoms with E-state index in [0.717, 1.165) is 5.56 Å². The Bertz CT molecular complexity index is 713. The molecule has 0 saturated carbocycles. The second-order valence-corrected chi connectivity index (χ2v) is 5.60. The molecular weight excluding hydrogens is 305 g/mol. The van der Waals surface area contributed by atoms with E-state index in [1.807, 2.05) is 13.8 Å². The number of rotatable bonds is 4. The van der Waals surface area contributed by atoms with E-state index < -0.39 is 0 Å². The summed E-state index contributed by atoms with van der Waals surface area (Å²) in [5.41, 5.74) is 7.97. The van der Waals surface area contributed by atoms with Gasteiger partial charge in [-0.1, -0.05) is 13.8 Å². The molecule has 22 heavy (non-hydrogen) atoms. The molecule has 0 aliphatic carbocycles. The van der Waals surface area contributed by atoms with Gasteiger partial charge in [0.25, 0.3) is 5.56 Å². The van der Waals surface area contributed by atoms with E-state index in [9.17, 15) is 9.18 Å². The van der Waals surface area contributed by atoms with Crippen molar-refractivity contribution in [2.75, 3.05) is 0 Å². The Morgan fingerprint density at radius 1 is 1.32 bits per heavy atom. The third kappa shape index (κ3) is 3.93. The highest BCUT2D eigenvalue weighted by molar-refractivity contribution is 5.85. The molecule has 120 valence electrons. The second-order valence-electron chi connectivity index (χ2n) is 5.60. The lowest BCUT2D eigenvalue weighted by molar-refractivity contribution is 0.462. The van der Waals surface area contributed by atoms with E-state index in [1.54, 1.807) is 25.1 Å². The number of halogens is 2. The van der Waals surface area contributed by atoms with Crippen LogP contribution in [-0.2, 0) is 13.1 Å². The van der Waals surface area contributed by atoms with Crippen LogP contribution in [0.1, 0.15) is 25.0 Å². The van der Waals surface area contributed by atoms with Crippen LogP contribution in [0.4, 0.5) is 4.39 Å². The number of aromatic nitrogens is 2. The highest BCUT2D eigenvalue weighted by Crippen LogP contribution is 2.20. The molecule has 1 aromatic heterocycles. The number of hydrogen-bond acceptors (Lipinski definition) is 3. The van der Waals surface area contributed by atoms with E-state index in [-0.39, 0.29) is 30.3 Å². The molecule has 0 unspecified atom stereocenters. The molecule has 0 aliphatic heterocycles. The third-order valence-electron chi connectivity index (χ3n) is 3.26. The minimum Gasteiger partial charge on any atom is -0.326 e. The Kier molecular flexibility index (Phi) is 6.26. The molecule has 0 amide bonds. The van der Waals surface area contributed by atoms with Gasteiger partial charge in [0.05, 0.1) is 5.69 Å². The van der Waals surface area contributed by atoms with Crippen molar-refractivity contribution in [3.05, 3.63) is 51.6 Å². The predicted molar refractivity (Wildman–Crippen MR) is 88.6 cm³/mol. The van der Waals surface area contributed by atoms with Crippen LogP contribution in [0.2, 0.25) is 0 Å². The Morgan fingerprint density at radius 3 is 2.55 bits per heavy atom. The van der Waals surface area contributed by atoms with Gasteiger partial charge in [0.15, 0.2) is 0 Å². The first kappa shape index (κ1) is 18.3. The number of benzene rings is 1. The molecule has 0 radical (unpaired) electrons. The summed E-state index contributed by atoms with van der Waals surface area (Å²) < 4.78 is 14.8. The van der Waals surface area contributed by atoms with Crippen LogP contribution in [0.25, 0.3) is 11.3 Å². The van der Waals surface area contributed by atoms with Crippen LogP contribution in [-0.4, -0.2) is 9.78 Å². The van der Waals surface area contributed by atoms with E-state index in [1.165, 1.54) is 10.7 Å². The van der Waals surface area contributed by atoms with Crippen molar-refractivity contribution in [3.8, 4) is 11.3 Å². The predicted octanol–water partition coefficient (Wildman–Crippen LogP) is 2.89. The molecular formula is C16H21ClFN3O. The van der Waals surface area contributed by atoms with Crippen LogP contribution < -0.4 is 11.3 Å². The molecule has 2 N–H and O–H groups in total. The zero-order valence-corrected chi connectivity index (χ0v) is 13.8. The first-order valence-electron chi connectivity index (χ1n) is 7.00. The Labute approximate surface area is 135 Å². The third-order valence-corrected chi connectivity index (χ3v) is 3.26. The molecule has 6 heteroatoms. The van der Waals surface area contributed by atoms with Crippen LogP contribution in [0.15, 0.2) is 29.1 Å². The van der Waals surface area contributed by atoms with Crippen molar-refractivity contribution in [3.63, 3.8) is 0 Å². The summed E-state index contributed by atoms with van der Waals surface area (Å²) in [5.74, 6) is 0.0410. The van der Waals surface area contributed by atoms with Crippen molar-refractivity contribution in [1.82, 2.24) is 9.78 Å². The number of nitrogens with two attached hydrogens (primary N) is 1. The standard InChI is InChI=1S/C16H20FN3O.ClH/c1-10(2)9-20-16(21)13(8-18)7-15(19-20)12-4-5-14(17)11(3)6-12;/h4-7,10H,8-9,18H2,1-3H3;1H. The molecule has 1 aromatic carbocycles. The van der Waals surface area contributed by atoms with Crippen LogP contribution in [0.5, 0.6) is 0 Å². The van der Waals surface area contributed by atoms with E-state index in [4.69, 9.17) is 5.73 Å². The molecule has 1 heterocycles. The summed E-state index contributed by atoms with van der Waals surface area (Å²) in [4.78, 5) is 12.2. The Morgan fingerprint density at radius 2 is 2.00 bits per heavy atom. The smallest absolute Gasteiger partial charge is 0.271 e. The molecule has 0 fully saturated rings. The zero-order valence-electron chi connectivity index (χ0n) is 13.0. The van der Waals surface area contributed by atoms with E-state index in [0.29, 0.717) is 29.3 Å². The zero-order chi connectivity index (χ0) is 15.6. The van der Waals surface area contributed by atoms with Crippen molar-refractivity contribution >= 4 is 12.4 Å². The van der Waals surface area contributed by atoms with Gasteiger partial charge in [0.2, 0.25) is 0 Å². The number of nitrogens with zero attached hydrogens (tertiary/aromatic N) is 2. The average Bonchev–Trinajstić information content (AvgIpc) is 2.43. The SMILES string of the molecule is Cc1cc(-c2cc(CN)c(=O)n(CC(C)C)n2)ccc1F.Cl. The van der Waals surface area contributed by atoms with Gasteiger partial charge in [-0.25, -0.2) is 9.07 Å². The molecule has 2 rings (SSSR count). The molecule has 2 aromatic rings. The van der Waals surface area contributed by atoms with Gasteiger partial charge in [-0.2, -0.15) is 5.10 Å². The lowest BCUT2D eigenvalue weighted by Crippen LogP contribution is -2.29. The van der Waals surface area contributed by atoms with Crippen molar-refractivity contribution in [2.24, 2.45) is 11.7 Å². The number of aryl methyl sites for hydroxylation is 1. The quantitative estimate of drug-likeness (QED) is 0.940. The van der Waals surface area contributed by atoms with Gasteiger partial charge >= 0.3 is 0 Å². The van der Waals surface area contributed by atoms with Gasteiger partial charge in [0, 0.05) is 24.2 Å². The summed E-state index contributed by atoms with van der Waals surface area (Å²) in [7, 11) is 0. The topological polar surface area (TPSA) is 60.9 Å². The van der Waals surface area contributed by atoms with Gasteiger partial charge in [-0.05, 0) is 42.7 Å². The molecule has 0 atom stereocenters. The van der Waals surface area contributed by atoms with Gasteiger partial charge in [0.1, 0.15) is 5.82 Å². The lowest BCUT2D eigenvalue weighted by atomic mass is 10.1.